The molecular weight excluding hydrogens is 178 g/mol. The summed E-state index contributed by atoms with van der Waals surface area (Å²) in [5.74, 6) is 2.20. The molecule has 4 nitrogen and oxygen atoms in total. The van der Waals surface area contributed by atoms with Gasteiger partial charge >= 0.3 is 0 Å². The van der Waals surface area contributed by atoms with Gasteiger partial charge < -0.3 is 9.84 Å². The Morgan fingerprint density at radius 1 is 1.57 bits per heavy atom. The van der Waals surface area contributed by atoms with Crippen molar-refractivity contribution in [3.8, 4) is 0 Å². The second-order valence-electron chi connectivity index (χ2n) is 4.00. The maximum absolute atomic E-state index is 5.25. The van der Waals surface area contributed by atoms with Crippen LogP contribution in [-0.2, 0) is 6.42 Å². The van der Waals surface area contributed by atoms with Crippen molar-refractivity contribution in [3.63, 3.8) is 0 Å². The summed E-state index contributed by atoms with van der Waals surface area (Å²) in [5, 5.41) is 7.34. The second kappa shape index (κ2) is 4.09. The van der Waals surface area contributed by atoms with Gasteiger partial charge in [0.05, 0.1) is 6.04 Å². The highest BCUT2D eigenvalue weighted by Gasteiger charge is 2.28. The van der Waals surface area contributed by atoms with Crippen LogP contribution in [0.25, 0.3) is 0 Å². The first-order valence-corrected chi connectivity index (χ1v) is 5.37. The Labute approximate surface area is 84.1 Å². The molecule has 0 aliphatic carbocycles. The van der Waals surface area contributed by atoms with Gasteiger partial charge in [-0.05, 0) is 25.3 Å². The van der Waals surface area contributed by atoms with Crippen LogP contribution in [-0.4, -0.2) is 16.7 Å². The van der Waals surface area contributed by atoms with Gasteiger partial charge in [0.1, 0.15) is 0 Å². The normalized spacial score (nSPS) is 27.0. The van der Waals surface area contributed by atoms with Crippen LogP contribution in [0, 0.1) is 5.92 Å². The Kier molecular flexibility index (Phi) is 2.82. The molecule has 1 aromatic heterocycles. The van der Waals surface area contributed by atoms with Crippen LogP contribution in [0.2, 0.25) is 0 Å². The topological polar surface area (TPSA) is 51.0 Å². The van der Waals surface area contributed by atoms with E-state index in [0.29, 0.717) is 5.92 Å². The third kappa shape index (κ3) is 1.80. The van der Waals surface area contributed by atoms with E-state index in [9.17, 15) is 0 Å². The maximum atomic E-state index is 5.25. The van der Waals surface area contributed by atoms with E-state index < -0.39 is 0 Å². The SMILES string of the molecule is CCCc1noc(C2NCCC2C)n1. The predicted octanol–water partition coefficient (Wildman–Crippen LogP) is 1.69. The molecule has 2 atom stereocenters. The lowest BCUT2D eigenvalue weighted by atomic mass is 10.0. The van der Waals surface area contributed by atoms with E-state index >= 15 is 0 Å². The fraction of sp³-hybridized carbons (Fsp3) is 0.800. The number of rotatable bonds is 3. The van der Waals surface area contributed by atoms with Crippen molar-refractivity contribution < 1.29 is 4.52 Å². The smallest absolute Gasteiger partial charge is 0.244 e. The summed E-state index contributed by atoms with van der Waals surface area (Å²) in [5.41, 5.74) is 0. The second-order valence-corrected chi connectivity index (χ2v) is 4.00. The van der Waals surface area contributed by atoms with Gasteiger partial charge in [-0.15, -0.1) is 0 Å². The molecule has 2 heterocycles. The molecule has 14 heavy (non-hydrogen) atoms. The molecule has 1 fully saturated rings. The van der Waals surface area contributed by atoms with Crippen molar-refractivity contribution in [2.75, 3.05) is 6.54 Å². The zero-order chi connectivity index (χ0) is 9.97. The number of aromatic nitrogens is 2. The Hall–Kier alpha value is -0.900. The maximum Gasteiger partial charge on any atom is 0.244 e. The van der Waals surface area contributed by atoms with E-state index in [1.54, 1.807) is 0 Å². The van der Waals surface area contributed by atoms with Crippen molar-refractivity contribution >= 4 is 0 Å². The van der Waals surface area contributed by atoms with Crippen LogP contribution in [0.3, 0.4) is 0 Å². The van der Waals surface area contributed by atoms with E-state index in [-0.39, 0.29) is 6.04 Å². The number of aryl methyl sites for hydroxylation is 1. The molecule has 78 valence electrons. The lowest BCUT2D eigenvalue weighted by Gasteiger charge is -2.09. The molecule has 2 unspecified atom stereocenters. The summed E-state index contributed by atoms with van der Waals surface area (Å²) in [6, 6.07) is 0.271. The average molecular weight is 195 g/mol. The summed E-state index contributed by atoms with van der Waals surface area (Å²) in [7, 11) is 0. The molecule has 1 aliphatic rings. The molecular formula is C10H17N3O. The van der Waals surface area contributed by atoms with E-state index in [4.69, 9.17) is 4.52 Å². The minimum absolute atomic E-state index is 0.271. The minimum Gasteiger partial charge on any atom is -0.338 e. The Bertz CT molecular complexity index is 297. The van der Waals surface area contributed by atoms with Crippen molar-refractivity contribution in [3.05, 3.63) is 11.7 Å². The zero-order valence-corrected chi connectivity index (χ0v) is 8.79. The lowest BCUT2D eigenvalue weighted by Crippen LogP contribution is -2.16. The Morgan fingerprint density at radius 3 is 3.07 bits per heavy atom. The van der Waals surface area contributed by atoms with Gasteiger partial charge in [-0.2, -0.15) is 4.98 Å². The molecule has 1 saturated heterocycles. The predicted molar refractivity (Wildman–Crippen MR) is 52.8 cm³/mol. The highest BCUT2D eigenvalue weighted by atomic mass is 16.5. The van der Waals surface area contributed by atoms with Gasteiger partial charge in [0.2, 0.25) is 5.89 Å². The van der Waals surface area contributed by atoms with Crippen LogP contribution in [0.5, 0.6) is 0 Å². The van der Waals surface area contributed by atoms with Crippen molar-refractivity contribution in [2.45, 2.75) is 39.2 Å². The molecule has 0 bridgehead atoms. The van der Waals surface area contributed by atoms with Crippen LogP contribution < -0.4 is 5.32 Å². The summed E-state index contributed by atoms with van der Waals surface area (Å²) in [6.07, 6.45) is 3.16. The summed E-state index contributed by atoms with van der Waals surface area (Å²) in [4.78, 5) is 4.39. The Morgan fingerprint density at radius 2 is 2.43 bits per heavy atom. The number of nitrogens with zero attached hydrogens (tertiary/aromatic N) is 2. The van der Waals surface area contributed by atoms with Gasteiger partial charge in [-0.25, -0.2) is 0 Å². The van der Waals surface area contributed by atoms with Crippen molar-refractivity contribution in [1.82, 2.24) is 15.5 Å². The number of hydrogen-bond donors (Lipinski definition) is 1. The molecule has 1 aliphatic heterocycles. The molecule has 0 aromatic carbocycles. The standard InChI is InChI=1S/C10H17N3O/c1-3-4-8-12-10(14-13-8)9-7(2)5-6-11-9/h7,9,11H,3-6H2,1-2H3. The van der Waals surface area contributed by atoms with Crippen LogP contribution >= 0.6 is 0 Å². The van der Waals surface area contributed by atoms with Gasteiger partial charge in [0.25, 0.3) is 0 Å². The number of hydrogen-bond acceptors (Lipinski definition) is 4. The Balaban J connectivity index is 2.08. The highest BCUT2D eigenvalue weighted by Crippen LogP contribution is 2.27. The van der Waals surface area contributed by atoms with Crippen LogP contribution in [0.15, 0.2) is 4.52 Å². The lowest BCUT2D eigenvalue weighted by molar-refractivity contribution is 0.316. The van der Waals surface area contributed by atoms with E-state index in [2.05, 4.69) is 29.3 Å². The highest BCUT2D eigenvalue weighted by molar-refractivity contribution is 4.97. The van der Waals surface area contributed by atoms with Crippen LogP contribution in [0.4, 0.5) is 0 Å². The molecule has 0 amide bonds. The van der Waals surface area contributed by atoms with Crippen molar-refractivity contribution in [2.24, 2.45) is 5.92 Å². The van der Waals surface area contributed by atoms with Crippen molar-refractivity contribution in [1.29, 1.82) is 0 Å². The van der Waals surface area contributed by atoms with Crippen LogP contribution in [0.1, 0.15) is 44.4 Å². The first kappa shape index (κ1) is 9.65. The quantitative estimate of drug-likeness (QED) is 0.797. The molecule has 1 N–H and O–H groups in total. The molecule has 4 heteroatoms. The van der Waals surface area contributed by atoms with Gasteiger partial charge in [-0.1, -0.05) is 19.0 Å². The third-order valence-corrected chi connectivity index (χ3v) is 2.76. The molecule has 1 aromatic rings. The minimum atomic E-state index is 0.271. The summed E-state index contributed by atoms with van der Waals surface area (Å²) < 4.78 is 5.25. The van der Waals surface area contributed by atoms with Gasteiger partial charge in [-0.3, -0.25) is 0 Å². The van der Waals surface area contributed by atoms with E-state index in [0.717, 1.165) is 31.1 Å². The monoisotopic (exact) mass is 195 g/mol. The average Bonchev–Trinajstić information content (AvgIpc) is 2.74. The fourth-order valence-electron chi connectivity index (χ4n) is 1.88. The number of nitrogens with one attached hydrogen (secondary N) is 1. The molecule has 0 radical (unpaired) electrons. The van der Waals surface area contributed by atoms with E-state index in [1.807, 2.05) is 0 Å². The zero-order valence-electron chi connectivity index (χ0n) is 8.79. The van der Waals surface area contributed by atoms with Gasteiger partial charge in [0, 0.05) is 6.42 Å². The third-order valence-electron chi connectivity index (χ3n) is 2.76. The first-order valence-electron chi connectivity index (χ1n) is 5.37. The van der Waals surface area contributed by atoms with Gasteiger partial charge in [0.15, 0.2) is 5.82 Å². The molecule has 0 saturated carbocycles. The summed E-state index contributed by atoms with van der Waals surface area (Å²) >= 11 is 0. The largest absolute Gasteiger partial charge is 0.338 e. The fourth-order valence-corrected chi connectivity index (χ4v) is 1.88. The first-order chi connectivity index (χ1) is 6.81. The molecule has 2 rings (SSSR count). The summed E-state index contributed by atoms with van der Waals surface area (Å²) in [6.45, 7) is 5.39. The van der Waals surface area contributed by atoms with E-state index in [1.165, 1.54) is 6.42 Å². The molecule has 0 spiro atoms.